The molecule has 1 aliphatic heterocycles. The average Bonchev–Trinajstić information content (AvgIpc) is 3.24. The van der Waals surface area contributed by atoms with Gasteiger partial charge in [-0.25, -0.2) is 12.8 Å². The molecule has 0 spiro atoms. The summed E-state index contributed by atoms with van der Waals surface area (Å²) in [5, 5.41) is 2.91. The Bertz CT molecular complexity index is 1040. The van der Waals surface area contributed by atoms with Gasteiger partial charge in [-0.05, 0) is 31.0 Å². The number of benzene rings is 2. The van der Waals surface area contributed by atoms with E-state index in [2.05, 4.69) is 5.32 Å². The van der Waals surface area contributed by atoms with Crippen molar-refractivity contribution in [3.05, 3.63) is 46.7 Å². The minimum absolute atomic E-state index is 0.0138. The number of sulfonamides is 1. The number of nitrogens with zero attached hydrogens (tertiary/aromatic N) is 1. The third-order valence-corrected chi connectivity index (χ3v) is 6.81. The second-order valence-corrected chi connectivity index (χ2v) is 8.71. The lowest BCUT2D eigenvalue weighted by Crippen LogP contribution is -2.29. The highest BCUT2D eigenvalue weighted by Crippen LogP contribution is 2.36. The largest absolute Gasteiger partial charge is 0.495 e. The summed E-state index contributed by atoms with van der Waals surface area (Å²) in [6.07, 6.45) is 1.44. The van der Waals surface area contributed by atoms with E-state index in [1.54, 1.807) is 0 Å². The molecule has 1 fully saturated rings. The van der Waals surface area contributed by atoms with Crippen LogP contribution in [0.5, 0.6) is 11.5 Å². The van der Waals surface area contributed by atoms with E-state index in [9.17, 15) is 17.6 Å². The lowest BCUT2D eigenvalue weighted by molar-refractivity contribution is 0.102. The second kappa shape index (κ2) is 8.56. The van der Waals surface area contributed by atoms with Gasteiger partial charge in [0.25, 0.3) is 5.91 Å². The van der Waals surface area contributed by atoms with Crippen LogP contribution in [0.4, 0.5) is 10.1 Å². The fraction of sp³-hybridized carbons (Fsp3) is 0.316. The standard InChI is InChI=1S/C19H20ClFN2O5S/c1-27-16-11-15(17(28-2)10-13(16)20)22-19(24)12-5-6-14(21)18(9-12)29(25,26)23-7-3-4-8-23/h5-6,9-11H,3-4,7-8H2,1-2H3,(H,22,24). The molecule has 1 heterocycles. The van der Waals surface area contributed by atoms with Gasteiger partial charge in [0.05, 0.1) is 24.9 Å². The van der Waals surface area contributed by atoms with Gasteiger partial charge in [-0.15, -0.1) is 0 Å². The molecule has 10 heteroatoms. The lowest BCUT2D eigenvalue weighted by atomic mass is 10.2. The van der Waals surface area contributed by atoms with Crippen molar-refractivity contribution in [3.8, 4) is 11.5 Å². The number of methoxy groups -OCH3 is 2. The maximum atomic E-state index is 14.3. The third kappa shape index (κ3) is 4.31. The fourth-order valence-electron chi connectivity index (χ4n) is 3.06. The van der Waals surface area contributed by atoms with Crippen molar-refractivity contribution in [1.82, 2.24) is 4.31 Å². The summed E-state index contributed by atoms with van der Waals surface area (Å²) in [7, 11) is -1.18. The van der Waals surface area contributed by atoms with Crippen LogP contribution in [0, 0.1) is 5.82 Å². The monoisotopic (exact) mass is 442 g/mol. The first-order valence-corrected chi connectivity index (χ1v) is 10.6. The Kier molecular flexibility index (Phi) is 6.30. The highest BCUT2D eigenvalue weighted by molar-refractivity contribution is 7.89. The van der Waals surface area contributed by atoms with Crippen molar-refractivity contribution in [2.45, 2.75) is 17.7 Å². The first kappa shape index (κ1) is 21.4. The lowest BCUT2D eigenvalue weighted by Gasteiger charge is -2.17. The van der Waals surface area contributed by atoms with Crippen LogP contribution in [0.1, 0.15) is 23.2 Å². The van der Waals surface area contributed by atoms with E-state index >= 15 is 0 Å². The van der Waals surface area contributed by atoms with Gasteiger partial charge in [0.15, 0.2) is 0 Å². The number of rotatable bonds is 6. The summed E-state index contributed by atoms with van der Waals surface area (Å²) in [5.74, 6) is -0.930. The maximum absolute atomic E-state index is 14.3. The Morgan fingerprint density at radius 2 is 1.76 bits per heavy atom. The summed E-state index contributed by atoms with van der Waals surface area (Å²) < 4.78 is 51.3. The smallest absolute Gasteiger partial charge is 0.255 e. The minimum atomic E-state index is -4.01. The number of nitrogens with one attached hydrogen (secondary N) is 1. The van der Waals surface area contributed by atoms with Gasteiger partial charge < -0.3 is 14.8 Å². The van der Waals surface area contributed by atoms with Crippen LogP contribution >= 0.6 is 11.6 Å². The molecular formula is C19H20ClFN2O5S. The zero-order valence-corrected chi connectivity index (χ0v) is 17.4. The van der Waals surface area contributed by atoms with E-state index in [0.29, 0.717) is 23.9 Å². The van der Waals surface area contributed by atoms with Gasteiger partial charge >= 0.3 is 0 Å². The Morgan fingerprint density at radius 1 is 1.10 bits per heavy atom. The molecule has 1 amide bonds. The molecule has 0 aromatic heterocycles. The van der Waals surface area contributed by atoms with Crippen LogP contribution in [0.25, 0.3) is 0 Å². The van der Waals surface area contributed by atoms with Crippen molar-refractivity contribution in [3.63, 3.8) is 0 Å². The quantitative estimate of drug-likeness (QED) is 0.739. The number of carbonyl (C=O) groups excluding carboxylic acids is 1. The molecule has 0 saturated carbocycles. The Morgan fingerprint density at radius 3 is 2.38 bits per heavy atom. The summed E-state index contributed by atoms with van der Waals surface area (Å²) in [6, 6.07) is 6.18. The van der Waals surface area contributed by atoms with Crippen LogP contribution in [0.2, 0.25) is 5.02 Å². The van der Waals surface area contributed by atoms with E-state index in [4.69, 9.17) is 21.1 Å². The predicted octanol–water partition coefficient (Wildman–Crippen LogP) is 3.53. The molecule has 0 unspecified atom stereocenters. The van der Waals surface area contributed by atoms with Gasteiger partial charge in [-0.2, -0.15) is 4.31 Å². The van der Waals surface area contributed by atoms with Crippen molar-refractivity contribution in [1.29, 1.82) is 0 Å². The summed E-state index contributed by atoms with van der Waals surface area (Å²) >= 11 is 6.05. The van der Waals surface area contributed by atoms with Crippen molar-refractivity contribution < 1.29 is 27.1 Å². The number of ether oxygens (including phenoxy) is 2. The number of carbonyl (C=O) groups is 1. The van der Waals surface area contributed by atoms with Crippen molar-refractivity contribution in [2.75, 3.05) is 32.6 Å². The molecular weight excluding hydrogens is 423 g/mol. The van der Waals surface area contributed by atoms with Gasteiger partial charge in [0, 0.05) is 30.8 Å². The van der Waals surface area contributed by atoms with Crippen molar-refractivity contribution in [2.24, 2.45) is 0 Å². The topological polar surface area (TPSA) is 84.9 Å². The maximum Gasteiger partial charge on any atom is 0.255 e. The van der Waals surface area contributed by atoms with Crippen LogP contribution in [0.3, 0.4) is 0 Å². The van der Waals surface area contributed by atoms with E-state index in [-0.39, 0.29) is 17.0 Å². The highest BCUT2D eigenvalue weighted by Gasteiger charge is 2.30. The Balaban J connectivity index is 1.93. The molecule has 29 heavy (non-hydrogen) atoms. The van der Waals surface area contributed by atoms with Gasteiger partial charge in [0.2, 0.25) is 10.0 Å². The average molecular weight is 443 g/mol. The molecule has 1 N–H and O–H groups in total. The molecule has 7 nitrogen and oxygen atoms in total. The highest BCUT2D eigenvalue weighted by atomic mass is 35.5. The minimum Gasteiger partial charge on any atom is -0.495 e. The van der Waals surface area contributed by atoms with E-state index in [1.165, 1.54) is 36.7 Å². The zero-order valence-electron chi connectivity index (χ0n) is 15.9. The first-order valence-electron chi connectivity index (χ1n) is 8.80. The van der Waals surface area contributed by atoms with Gasteiger partial charge in [0.1, 0.15) is 22.2 Å². The SMILES string of the molecule is COc1cc(NC(=O)c2ccc(F)c(S(=O)(=O)N3CCCC3)c2)c(OC)cc1Cl. The number of anilines is 1. The number of hydrogen-bond donors (Lipinski definition) is 1. The number of hydrogen-bond acceptors (Lipinski definition) is 5. The summed E-state index contributed by atoms with van der Waals surface area (Å²) in [5.41, 5.74) is 0.257. The van der Waals surface area contributed by atoms with Crippen LogP contribution in [0.15, 0.2) is 35.2 Å². The van der Waals surface area contributed by atoms with Crippen LogP contribution < -0.4 is 14.8 Å². The number of amides is 1. The number of halogens is 2. The second-order valence-electron chi connectivity index (χ2n) is 6.40. The molecule has 0 radical (unpaired) electrons. The molecule has 0 bridgehead atoms. The van der Waals surface area contributed by atoms with Crippen LogP contribution in [-0.4, -0.2) is 45.9 Å². The molecule has 2 aromatic rings. The Labute approximate surface area is 173 Å². The van der Waals surface area contributed by atoms with E-state index in [0.717, 1.165) is 25.0 Å². The normalized spacial score (nSPS) is 14.6. The van der Waals surface area contributed by atoms with E-state index in [1.807, 2.05) is 0 Å². The van der Waals surface area contributed by atoms with Crippen molar-refractivity contribution >= 4 is 33.2 Å². The molecule has 1 saturated heterocycles. The first-order chi connectivity index (χ1) is 13.8. The predicted molar refractivity (Wildman–Crippen MR) is 107 cm³/mol. The van der Waals surface area contributed by atoms with E-state index < -0.39 is 26.6 Å². The van der Waals surface area contributed by atoms with Gasteiger partial charge in [-0.3, -0.25) is 4.79 Å². The molecule has 156 valence electrons. The molecule has 0 aliphatic carbocycles. The summed E-state index contributed by atoms with van der Waals surface area (Å²) in [6.45, 7) is 0.667. The molecule has 2 aromatic carbocycles. The Hall–Kier alpha value is -2.36. The molecule has 1 aliphatic rings. The molecule has 3 rings (SSSR count). The third-order valence-electron chi connectivity index (χ3n) is 4.60. The summed E-state index contributed by atoms with van der Waals surface area (Å²) in [4.78, 5) is 12.2. The molecule has 0 atom stereocenters. The van der Waals surface area contributed by atoms with Crippen LogP contribution in [-0.2, 0) is 10.0 Å². The van der Waals surface area contributed by atoms with Gasteiger partial charge in [-0.1, -0.05) is 11.6 Å². The zero-order chi connectivity index (χ0) is 21.2. The fourth-order valence-corrected chi connectivity index (χ4v) is 4.90.